The van der Waals surface area contributed by atoms with Gasteiger partial charge in [-0.05, 0) is 0 Å². The number of rotatable bonds is 1. The molecule has 12 heavy (non-hydrogen) atoms. The molecule has 0 aromatic carbocycles. The largest absolute Gasteiger partial charge is 0.394 e. The van der Waals surface area contributed by atoms with Crippen molar-refractivity contribution in [3.05, 3.63) is 0 Å². The summed E-state index contributed by atoms with van der Waals surface area (Å²) in [4.78, 5) is 0. The Morgan fingerprint density at radius 3 is 1.00 bits per heavy atom. The zero-order chi connectivity index (χ0) is 10.6. The Bertz CT molecular complexity index is 290. The third kappa shape index (κ3) is 22.6. The van der Waals surface area contributed by atoms with Crippen LogP contribution in [0.25, 0.3) is 0 Å². The third-order valence-electron chi connectivity index (χ3n) is 0.174. The van der Waals surface area contributed by atoms with Crippen molar-refractivity contribution in [2.75, 3.05) is 0 Å². The van der Waals surface area contributed by atoms with E-state index in [0.29, 0.717) is 0 Å². The lowest BCUT2D eigenvalue weighted by atomic mass is 13.6. The van der Waals surface area contributed by atoms with Crippen molar-refractivity contribution in [1.29, 1.82) is 0 Å². The Hall–Kier alpha value is -0.400. The van der Waals surface area contributed by atoms with Gasteiger partial charge in [0.1, 0.15) is 0 Å². The lowest BCUT2D eigenvalue weighted by molar-refractivity contribution is -0.0630. The SMILES string of the molecule is O=S(=O)(O)N(F)F.O=S(=O)(O)O. The van der Waals surface area contributed by atoms with E-state index >= 15 is 0 Å². The Morgan fingerprint density at radius 1 is 0.917 bits per heavy atom. The summed E-state index contributed by atoms with van der Waals surface area (Å²) >= 11 is 0. The zero-order valence-electron chi connectivity index (χ0n) is 4.99. The number of halogens is 2. The summed E-state index contributed by atoms with van der Waals surface area (Å²) in [6.07, 6.45) is 0. The van der Waals surface area contributed by atoms with Gasteiger partial charge in [0.2, 0.25) is 0 Å². The number of hydrogen-bond donors (Lipinski definition) is 3. The molecule has 0 atom stereocenters. The summed E-state index contributed by atoms with van der Waals surface area (Å²) in [5, 5.41) is 0. The fourth-order valence-electron chi connectivity index (χ4n) is 0. The number of nitrogens with zero attached hydrogens (tertiary/aromatic N) is 1. The molecule has 12 heteroatoms. The second-order valence-electron chi connectivity index (χ2n) is 1.10. The summed E-state index contributed by atoms with van der Waals surface area (Å²) in [7, 11) is -9.91. The quantitative estimate of drug-likeness (QED) is 0.397. The molecule has 0 saturated heterocycles. The molecule has 0 rings (SSSR count). The summed E-state index contributed by atoms with van der Waals surface area (Å²) < 4.78 is 75.7. The molecule has 0 bridgehead atoms. The Kier molecular flexibility index (Phi) is 5.40. The first kappa shape index (κ1) is 14.1. The van der Waals surface area contributed by atoms with Crippen molar-refractivity contribution < 1.29 is 39.5 Å². The molecular weight excluding hydrogens is 228 g/mol. The van der Waals surface area contributed by atoms with Gasteiger partial charge in [-0.25, -0.2) is 0 Å². The van der Waals surface area contributed by atoms with Crippen molar-refractivity contribution >= 4 is 20.7 Å². The van der Waals surface area contributed by atoms with Crippen LogP contribution in [-0.2, 0) is 20.7 Å². The molecule has 0 radical (unpaired) electrons. The van der Waals surface area contributed by atoms with Crippen LogP contribution < -0.4 is 0 Å². The molecule has 0 aromatic heterocycles. The monoisotopic (exact) mass is 231 g/mol. The van der Waals surface area contributed by atoms with Crippen molar-refractivity contribution in [2.45, 2.75) is 0 Å². The van der Waals surface area contributed by atoms with Crippen molar-refractivity contribution in [3.63, 3.8) is 0 Å². The standard InChI is InChI=1S/F2HNO3S.H2O4S/c1-3(2)7(4,5)6;1-5(2,3)4/h(H,4,5,6);(H2,1,2,3,4). The van der Waals surface area contributed by atoms with Crippen LogP contribution in [0.3, 0.4) is 0 Å². The van der Waals surface area contributed by atoms with E-state index < -0.39 is 25.5 Å². The third-order valence-corrected chi connectivity index (χ3v) is 0.523. The molecular formula is H3F2NO7S2. The second-order valence-corrected chi connectivity index (χ2v) is 3.16. The van der Waals surface area contributed by atoms with E-state index in [0.717, 1.165) is 0 Å². The van der Waals surface area contributed by atoms with Crippen LogP contribution in [-0.4, -0.2) is 35.2 Å². The predicted molar refractivity (Wildman–Crippen MR) is 29.8 cm³/mol. The molecule has 0 amide bonds. The average Bonchev–Trinajstić information content (AvgIpc) is 1.55. The van der Waals surface area contributed by atoms with Gasteiger partial charge in [0, 0.05) is 0 Å². The smallest absolute Gasteiger partial charge is 0.270 e. The van der Waals surface area contributed by atoms with Gasteiger partial charge in [0.15, 0.2) is 4.75 Å². The highest BCUT2D eigenvalue weighted by atomic mass is 32.3. The van der Waals surface area contributed by atoms with E-state index in [9.17, 15) is 8.96 Å². The highest BCUT2D eigenvalue weighted by Gasteiger charge is 2.15. The molecule has 0 fully saturated rings. The second kappa shape index (κ2) is 4.58. The molecule has 0 saturated carbocycles. The van der Waals surface area contributed by atoms with E-state index in [1.54, 1.807) is 0 Å². The Morgan fingerprint density at radius 2 is 1.00 bits per heavy atom. The normalized spacial score (nSPS) is 12.2. The van der Waals surface area contributed by atoms with E-state index in [2.05, 4.69) is 0 Å². The molecule has 0 aliphatic heterocycles. The van der Waals surface area contributed by atoms with Gasteiger partial charge in [0.05, 0.1) is 0 Å². The van der Waals surface area contributed by atoms with E-state index in [1.807, 2.05) is 0 Å². The van der Waals surface area contributed by atoms with Crippen LogP contribution in [0.5, 0.6) is 0 Å². The van der Waals surface area contributed by atoms with E-state index in [-0.39, 0.29) is 0 Å². The lowest BCUT2D eigenvalue weighted by Crippen LogP contribution is -2.11. The summed E-state index contributed by atoms with van der Waals surface area (Å²) in [5.74, 6) is 0. The van der Waals surface area contributed by atoms with Crippen LogP contribution in [0.2, 0.25) is 0 Å². The fraction of sp³-hybridized carbons (Fsp3) is 0. The van der Waals surface area contributed by atoms with Gasteiger partial charge in [0.25, 0.3) is 0 Å². The molecule has 3 N–H and O–H groups in total. The van der Waals surface area contributed by atoms with Gasteiger partial charge in [-0.3, -0.25) is 13.7 Å². The Balaban J connectivity index is 0. The fourth-order valence-corrected chi connectivity index (χ4v) is 0. The first-order valence-corrected chi connectivity index (χ1v) is 4.53. The van der Waals surface area contributed by atoms with Crippen molar-refractivity contribution in [2.24, 2.45) is 0 Å². The topological polar surface area (TPSA) is 132 Å². The summed E-state index contributed by atoms with van der Waals surface area (Å²) in [6.45, 7) is 0. The highest BCUT2D eigenvalue weighted by molar-refractivity contribution is 7.83. The van der Waals surface area contributed by atoms with E-state index in [4.69, 9.17) is 30.5 Å². The number of hydrogen-bond acceptors (Lipinski definition) is 4. The van der Waals surface area contributed by atoms with Gasteiger partial charge >= 0.3 is 20.7 Å². The van der Waals surface area contributed by atoms with Crippen LogP contribution in [0.1, 0.15) is 0 Å². The van der Waals surface area contributed by atoms with Gasteiger partial charge < -0.3 is 0 Å². The molecule has 8 nitrogen and oxygen atoms in total. The highest BCUT2D eigenvalue weighted by Crippen LogP contribution is 1.94. The predicted octanol–water partition coefficient (Wildman–Crippen LogP) is -0.793. The minimum atomic E-state index is -5.24. The first-order valence-electron chi connectivity index (χ1n) is 1.74. The summed E-state index contributed by atoms with van der Waals surface area (Å²) in [6, 6.07) is 0. The average molecular weight is 231 g/mol. The van der Waals surface area contributed by atoms with Gasteiger partial charge in [-0.15, -0.1) is 0 Å². The van der Waals surface area contributed by atoms with Gasteiger partial charge in [-0.1, -0.05) is 8.96 Å². The molecule has 0 heterocycles. The molecule has 0 spiro atoms. The maximum atomic E-state index is 10.5. The minimum absolute atomic E-state index is 2.28. The van der Waals surface area contributed by atoms with Gasteiger partial charge in [-0.2, -0.15) is 16.8 Å². The van der Waals surface area contributed by atoms with Crippen LogP contribution >= 0.6 is 0 Å². The molecule has 76 valence electrons. The molecule has 0 aliphatic carbocycles. The zero-order valence-corrected chi connectivity index (χ0v) is 6.63. The minimum Gasteiger partial charge on any atom is -0.270 e. The first-order chi connectivity index (χ1) is 4.94. The Labute approximate surface area is 65.7 Å². The maximum Gasteiger partial charge on any atom is 0.394 e. The van der Waals surface area contributed by atoms with Crippen LogP contribution in [0.4, 0.5) is 8.96 Å². The van der Waals surface area contributed by atoms with Crippen molar-refractivity contribution in [1.82, 2.24) is 4.75 Å². The van der Waals surface area contributed by atoms with Crippen LogP contribution in [0.15, 0.2) is 0 Å². The van der Waals surface area contributed by atoms with Crippen LogP contribution in [0, 0.1) is 0 Å². The van der Waals surface area contributed by atoms with E-state index in [1.165, 1.54) is 0 Å². The maximum absolute atomic E-state index is 10.5. The summed E-state index contributed by atoms with van der Waals surface area (Å²) in [5.41, 5.74) is 0. The van der Waals surface area contributed by atoms with Crippen molar-refractivity contribution in [3.8, 4) is 0 Å². The molecule has 0 aromatic rings. The molecule has 0 unspecified atom stereocenters. The lowest BCUT2D eigenvalue weighted by Gasteiger charge is -1.88. The molecule has 0 aliphatic rings.